The molecule has 1 amide bonds. The molecule has 166 valence electrons. The van der Waals surface area contributed by atoms with Gasteiger partial charge in [-0.15, -0.1) is 0 Å². The highest BCUT2D eigenvalue weighted by Gasteiger charge is 2.33. The van der Waals surface area contributed by atoms with Crippen LogP contribution in [0.4, 0.5) is 13.2 Å². The number of rotatable bonds is 5. The Morgan fingerprint density at radius 1 is 1.22 bits per heavy atom. The van der Waals surface area contributed by atoms with Gasteiger partial charge in [-0.3, -0.25) is 9.48 Å². The third-order valence-corrected chi connectivity index (χ3v) is 7.26. The topological polar surface area (TPSA) is 47.2 Å². The van der Waals surface area contributed by atoms with E-state index in [1.807, 2.05) is 12.1 Å². The van der Waals surface area contributed by atoms with Gasteiger partial charge in [0.2, 0.25) is 0 Å². The van der Waals surface area contributed by atoms with E-state index in [4.69, 9.17) is 11.6 Å². The number of hydrogen-bond donors (Lipinski definition) is 0. The van der Waals surface area contributed by atoms with Crippen LogP contribution in [-0.4, -0.2) is 25.8 Å². The maximum Gasteiger partial charge on any atom is 0.416 e. The number of thioether (sulfide) groups is 2. The van der Waals surface area contributed by atoms with Crippen molar-refractivity contribution in [1.82, 2.24) is 9.78 Å². The molecule has 0 unspecified atom stereocenters. The van der Waals surface area contributed by atoms with E-state index in [9.17, 15) is 18.0 Å². The zero-order valence-corrected chi connectivity index (χ0v) is 19.2. The average Bonchev–Trinajstić information content (AvgIpc) is 3.30. The average molecular weight is 496 g/mol. The first-order valence-corrected chi connectivity index (χ1v) is 11.9. The number of benzene rings is 2. The molecule has 0 saturated carbocycles. The third-order valence-electron chi connectivity index (χ3n) is 4.69. The fourth-order valence-electron chi connectivity index (χ4n) is 3.23. The van der Waals surface area contributed by atoms with Crippen molar-refractivity contribution in [3.63, 3.8) is 0 Å². The molecule has 0 bridgehead atoms. The van der Waals surface area contributed by atoms with E-state index in [0.29, 0.717) is 10.4 Å². The van der Waals surface area contributed by atoms with Crippen LogP contribution in [0, 0.1) is 0 Å². The predicted molar refractivity (Wildman–Crippen MR) is 126 cm³/mol. The van der Waals surface area contributed by atoms with Gasteiger partial charge in [0.25, 0.3) is 5.91 Å². The van der Waals surface area contributed by atoms with Crippen LogP contribution in [-0.2, 0) is 17.5 Å². The van der Waals surface area contributed by atoms with E-state index in [1.165, 1.54) is 28.6 Å². The number of nitrogens with zero attached hydrogens (tertiary/aromatic N) is 3. The standard InChI is InChI=1S/C22H17ClF3N3OS2/c1-2-7-31-21-28-20(30)19(32-21)9-13-3-6-18-15(8-13)11-27-29(18)12-14-4-5-16(23)10-17(14)22(24,25)26/h3-6,8-11H,2,7,12H2,1H3. The molecule has 2 heterocycles. The fraction of sp³-hybridized carbons (Fsp3) is 0.227. The smallest absolute Gasteiger partial charge is 0.266 e. The van der Waals surface area contributed by atoms with E-state index in [1.54, 1.807) is 30.1 Å². The van der Waals surface area contributed by atoms with Gasteiger partial charge in [-0.05, 0) is 53.6 Å². The minimum Gasteiger partial charge on any atom is -0.266 e. The van der Waals surface area contributed by atoms with Gasteiger partial charge in [-0.2, -0.15) is 23.3 Å². The van der Waals surface area contributed by atoms with E-state index < -0.39 is 11.7 Å². The molecule has 1 aliphatic rings. The van der Waals surface area contributed by atoms with E-state index >= 15 is 0 Å². The number of hydrogen-bond acceptors (Lipinski definition) is 4. The Morgan fingerprint density at radius 2 is 2.03 bits per heavy atom. The monoisotopic (exact) mass is 495 g/mol. The van der Waals surface area contributed by atoms with Crippen LogP contribution in [0.15, 0.2) is 52.5 Å². The summed E-state index contributed by atoms with van der Waals surface area (Å²) in [6, 6.07) is 9.18. The SMILES string of the molecule is CCCSC1=NC(=O)C(=Cc2ccc3c(cnn3Cc3ccc(Cl)cc3C(F)(F)F)c2)S1. The Hall–Kier alpha value is -2.23. The molecule has 32 heavy (non-hydrogen) atoms. The lowest BCUT2D eigenvalue weighted by Gasteiger charge is -2.14. The predicted octanol–water partition coefficient (Wildman–Crippen LogP) is 6.87. The molecule has 10 heteroatoms. The summed E-state index contributed by atoms with van der Waals surface area (Å²) >= 11 is 8.69. The van der Waals surface area contributed by atoms with Crippen molar-refractivity contribution in [2.75, 3.05) is 5.75 Å². The van der Waals surface area contributed by atoms with Crippen molar-refractivity contribution < 1.29 is 18.0 Å². The summed E-state index contributed by atoms with van der Waals surface area (Å²) in [7, 11) is 0. The summed E-state index contributed by atoms with van der Waals surface area (Å²) in [4.78, 5) is 16.8. The minimum absolute atomic E-state index is 0.0311. The highest BCUT2D eigenvalue weighted by molar-refractivity contribution is 8.41. The number of carbonyl (C=O) groups is 1. The summed E-state index contributed by atoms with van der Waals surface area (Å²) < 4.78 is 42.5. The summed E-state index contributed by atoms with van der Waals surface area (Å²) in [6.07, 6.45) is -0.139. The quantitative estimate of drug-likeness (QED) is 0.362. The Bertz CT molecular complexity index is 1250. The van der Waals surface area contributed by atoms with Crippen molar-refractivity contribution in [1.29, 1.82) is 0 Å². The van der Waals surface area contributed by atoms with E-state index in [0.717, 1.165) is 33.6 Å². The molecule has 0 spiro atoms. The van der Waals surface area contributed by atoms with Gasteiger partial charge in [0.1, 0.15) is 4.38 Å². The number of aliphatic imine (C=N–C) groups is 1. The summed E-state index contributed by atoms with van der Waals surface area (Å²) in [6.45, 7) is 2.02. The fourth-order valence-corrected chi connectivity index (χ4v) is 5.32. The van der Waals surface area contributed by atoms with Crippen LogP contribution in [0.1, 0.15) is 30.0 Å². The molecule has 4 nitrogen and oxygen atoms in total. The molecular weight excluding hydrogens is 479 g/mol. The maximum atomic E-state index is 13.4. The van der Waals surface area contributed by atoms with Crippen LogP contribution in [0.3, 0.4) is 0 Å². The molecule has 0 fully saturated rings. The second-order valence-corrected chi connectivity index (χ2v) is 9.87. The van der Waals surface area contributed by atoms with Gasteiger partial charge in [-0.1, -0.05) is 54.2 Å². The van der Waals surface area contributed by atoms with Gasteiger partial charge >= 0.3 is 6.18 Å². The molecule has 0 radical (unpaired) electrons. The summed E-state index contributed by atoms with van der Waals surface area (Å²) in [5.41, 5.74) is 0.798. The molecular formula is C22H17ClF3N3OS2. The van der Waals surface area contributed by atoms with Gasteiger partial charge in [0.05, 0.1) is 28.7 Å². The number of fused-ring (bicyclic) bond motifs is 1. The van der Waals surface area contributed by atoms with Crippen LogP contribution in [0.2, 0.25) is 5.02 Å². The van der Waals surface area contributed by atoms with Gasteiger partial charge in [0, 0.05) is 10.4 Å². The summed E-state index contributed by atoms with van der Waals surface area (Å²) in [5, 5.41) is 5.06. The van der Waals surface area contributed by atoms with Crippen LogP contribution in [0.25, 0.3) is 17.0 Å². The third kappa shape index (κ3) is 5.05. The molecule has 0 N–H and O–H groups in total. The Balaban J connectivity index is 1.58. The lowest BCUT2D eigenvalue weighted by Crippen LogP contribution is -2.12. The van der Waals surface area contributed by atoms with Gasteiger partial charge < -0.3 is 0 Å². The highest BCUT2D eigenvalue weighted by atomic mass is 35.5. The molecule has 3 aromatic rings. The molecule has 4 rings (SSSR count). The minimum atomic E-state index is -4.51. The van der Waals surface area contributed by atoms with Gasteiger partial charge in [0.15, 0.2) is 0 Å². The van der Waals surface area contributed by atoms with Crippen molar-refractivity contribution >= 4 is 62.4 Å². The number of aromatic nitrogens is 2. The zero-order valence-electron chi connectivity index (χ0n) is 16.8. The first kappa shape index (κ1) is 22.9. The largest absolute Gasteiger partial charge is 0.416 e. The Morgan fingerprint density at radius 3 is 2.78 bits per heavy atom. The van der Waals surface area contributed by atoms with Crippen LogP contribution >= 0.6 is 35.1 Å². The molecule has 2 aromatic carbocycles. The zero-order chi connectivity index (χ0) is 22.9. The molecule has 1 aliphatic heterocycles. The first-order valence-electron chi connectivity index (χ1n) is 9.71. The molecule has 1 aromatic heterocycles. The van der Waals surface area contributed by atoms with E-state index in [2.05, 4.69) is 17.0 Å². The maximum absolute atomic E-state index is 13.4. The number of halogens is 4. The number of amides is 1. The first-order chi connectivity index (χ1) is 15.2. The lowest BCUT2D eigenvalue weighted by molar-refractivity contribution is -0.138. The molecule has 0 saturated heterocycles. The Kier molecular flexibility index (Phi) is 6.69. The van der Waals surface area contributed by atoms with Crippen molar-refractivity contribution in [3.05, 3.63) is 69.2 Å². The summed E-state index contributed by atoms with van der Waals surface area (Å²) in [5.74, 6) is 0.646. The van der Waals surface area contributed by atoms with Crippen molar-refractivity contribution in [2.24, 2.45) is 4.99 Å². The van der Waals surface area contributed by atoms with Crippen LogP contribution in [0.5, 0.6) is 0 Å². The highest BCUT2D eigenvalue weighted by Crippen LogP contribution is 2.35. The second-order valence-electron chi connectivity index (χ2n) is 7.06. The van der Waals surface area contributed by atoms with Gasteiger partial charge in [-0.25, -0.2) is 0 Å². The molecule has 0 atom stereocenters. The van der Waals surface area contributed by atoms with E-state index in [-0.39, 0.29) is 23.0 Å². The second kappa shape index (κ2) is 9.33. The van der Waals surface area contributed by atoms with Crippen LogP contribution < -0.4 is 0 Å². The Labute approximate surface area is 195 Å². The number of alkyl halides is 3. The normalized spacial score (nSPS) is 15.7. The number of carbonyl (C=O) groups excluding carboxylic acids is 1. The molecule has 0 aliphatic carbocycles. The lowest BCUT2D eigenvalue weighted by atomic mass is 10.1. The van der Waals surface area contributed by atoms with Crippen molar-refractivity contribution in [3.8, 4) is 0 Å². The van der Waals surface area contributed by atoms with Crippen molar-refractivity contribution in [2.45, 2.75) is 26.1 Å².